The van der Waals surface area contributed by atoms with Crippen LogP contribution in [0.3, 0.4) is 0 Å². The minimum absolute atomic E-state index is 0.00449. The lowest BCUT2D eigenvalue weighted by atomic mass is 10.00. The Kier molecular flexibility index (Phi) is 9.70. The molecule has 2 atom stereocenters. The normalized spacial score (nSPS) is 15.3. The third kappa shape index (κ3) is 6.73. The first-order valence-corrected chi connectivity index (χ1v) is 16.5. The first kappa shape index (κ1) is 33.3. The average molecular weight is 666 g/mol. The number of amides is 2. The number of methoxy groups -OCH3 is 3. The van der Waals surface area contributed by atoms with Crippen molar-refractivity contribution in [1.82, 2.24) is 9.88 Å². The molecular weight excluding hydrogens is 629 g/mol. The number of pyridine rings is 1. The summed E-state index contributed by atoms with van der Waals surface area (Å²) < 4.78 is 57.7. The zero-order valence-corrected chi connectivity index (χ0v) is 27.2. The zero-order valence-electron chi connectivity index (χ0n) is 26.4. The van der Waals surface area contributed by atoms with Crippen molar-refractivity contribution in [3.63, 3.8) is 0 Å². The third-order valence-electron chi connectivity index (χ3n) is 8.22. The Morgan fingerprint density at radius 2 is 1.77 bits per heavy atom. The highest BCUT2D eigenvalue weighted by Crippen LogP contribution is 2.41. The number of nitrogens with zero attached hydrogens (tertiary/aromatic N) is 2. The van der Waals surface area contributed by atoms with Crippen LogP contribution in [0, 0.1) is 5.82 Å². The summed E-state index contributed by atoms with van der Waals surface area (Å²) in [6.07, 6.45) is 1.82. The van der Waals surface area contributed by atoms with E-state index in [1.807, 2.05) is 0 Å². The van der Waals surface area contributed by atoms with Gasteiger partial charge in [0.1, 0.15) is 17.7 Å². The maximum Gasteiger partial charge on any atom is 0.411 e. The minimum Gasteiger partial charge on any atom is -0.493 e. The number of nitrogens with one attached hydrogen (secondary N) is 2. The number of nitrogens with two attached hydrogens (primary N) is 1. The molecule has 1 aromatic heterocycles. The lowest BCUT2D eigenvalue weighted by molar-refractivity contribution is -0.133. The lowest BCUT2D eigenvalue weighted by Gasteiger charge is -2.32. The Bertz CT molecular complexity index is 1940. The number of aromatic nitrogens is 1. The fourth-order valence-electron chi connectivity index (χ4n) is 5.84. The summed E-state index contributed by atoms with van der Waals surface area (Å²) in [4.78, 5) is 32.3. The minimum atomic E-state index is -3.74. The van der Waals surface area contributed by atoms with Crippen LogP contribution in [0.5, 0.6) is 11.5 Å². The van der Waals surface area contributed by atoms with Gasteiger partial charge in [0.25, 0.3) is 0 Å². The van der Waals surface area contributed by atoms with Gasteiger partial charge in [0, 0.05) is 41.1 Å². The van der Waals surface area contributed by atoms with Gasteiger partial charge >= 0.3 is 6.09 Å². The van der Waals surface area contributed by atoms with Gasteiger partial charge in [0.05, 0.1) is 38.0 Å². The number of nitrogen functional groups attached to an aromatic ring is 1. The van der Waals surface area contributed by atoms with Gasteiger partial charge in [0.2, 0.25) is 5.91 Å². The average Bonchev–Trinajstić information content (AvgIpc) is 3.57. The maximum absolute atomic E-state index is 15.9. The molecule has 14 heteroatoms. The number of carbonyl (C=O) groups is 2. The quantitative estimate of drug-likeness (QED) is 0.198. The van der Waals surface area contributed by atoms with E-state index in [9.17, 15) is 18.0 Å². The zero-order chi connectivity index (χ0) is 33.9. The highest BCUT2D eigenvalue weighted by atomic mass is 32.2. The van der Waals surface area contributed by atoms with Crippen molar-refractivity contribution in [2.75, 3.05) is 50.0 Å². The Balaban J connectivity index is 1.62. The van der Waals surface area contributed by atoms with Crippen LogP contribution in [0.1, 0.15) is 43.0 Å². The number of hydrogen-bond acceptors (Lipinski definition) is 10. The second kappa shape index (κ2) is 13.7. The molecule has 2 unspecified atom stereocenters. The number of benzene rings is 3. The molecule has 3 aromatic carbocycles. The number of rotatable bonds is 10. The molecule has 2 amide bonds. The SMILES string of the molecule is CCS(=O)(=O)c1ccc(NC(=O)OC)cc1C1CCCN1C(=O)C(Nc1ccc2c(N)nccc2c1)c1cc(OC)c(OC)cc1F. The number of ether oxygens (including phenoxy) is 3. The van der Waals surface area contributed by atoms with Crippen LogP contribution >= 0.6 is 0 Å². The van der Waals surface area contributed by atoms with Crippen molar-refractivity contribution < 1.29 is 36.6 Å². The number of likely N-dealkylation sites (tertiary alicyclic amines) is 1. The molecule has 1 aliphatic heterocycles. The predicted molar refractivity (Wildman–Crippen MR) is 176 cm³/mol. The molecule has 12 nitrogen and oxygen atoms in total. The highest BCUT2D eigenvalue weighted by Gasteiger charge is 2.38. The first-order valence-electron chi connectivity index (χ1n) is 14.9. The van der Waals surface area contributed by atoms with Crippen molar-refractivity contribution in [2.45, 2.75) is 36.7 Å². The molecule has 1 aliphatic rings. The molecule has 1 saturated heterocycles. The highest BCUT2D eigenvalue weighted by molar-refractivity contribution is 7.91. The van der Waals surface area contributed by atoms with E-state index in [4.69, 9.17) is 19.9 Å². The second-order valence-corrected chi connectivity index (χ2v) is 13.1. The van der Waals surface area contributed by atoms with Crippen LogP contribution in [0.15, 0.2) is 65.7 Å². The Hall–Kier alpha value is -5.11. The third-order valence-corrected chi connectivity index (χ3v) is 10.0. The molecule has 4 N–H and O–H groups in total. The van der Waals surface area contributed by atoms with Crippen LogP contribution in [0.25, 0.3) is 10.8 Å². The van der Waals surface area contributed by atoms with E-state index in [1.54, 1.807) is 35.4 Å². The topological polar surface area (TPSA) is 162 Å². The van der Waals surface area contributed by atoms with Crippen LogP contribution in [-0.2, 0) is 19.4 Å². The molecule has 0 radical (unpaired) electrons. The van der Waals surface area contributed by atoms with E-state index in [1.165, 1.54) is 52.5 Å². The summed E-state index contributed by atoms with van der Waals surface area (Å²) in [5.74, 6) is -0.674. The second-order valence-electron chi connectivity index (χ2n) is 10.9. The van der Waals surface area contributed by atoms with E-state index in [0.29, 0.717) is 41.0 Å². The number of carbonyl (C=O) groups excluding carboxylic acids is 2. The van der Waals surface area contributed by atoms with Gasteiger partial charge in [-0.25, -0.2) is 22.6 Å². The maximum atomic E-state index is 15.9. The van der Waals surface area contributed by atoms with Crippen molar-refractivity contribution in [3.8, 4) is 11.5 Å². The standard InChI is InChI=1S/C33H36FN5O7S/c1-5-47(42,43)29-11-9-21(38-33(41)46-4)16-24(29)26-7-6-14-39(26)32(40)30(23-17-27(44-2)28(45-3)18-25(23)34)37-20-8-10-22-19(15-20)12-13-36-31(22)35/h8-13,15-18,26,30,37H,5-7,14H2,1-4H3,(H2,35,36)(H,38,41). The van der Waals surface area contributed by atoms with E-state index in [0.717, 1.165) is 11.5 Å². The Morgan fingerprint density at radius 3 is 2.47 bits per heavy atom. The summed E-state index contributed by atoms with van der Waals surface area (Å²) in [6.45, 7) is 1.81. The summed E-state index contributed by atoms with van der Waals surface area (Å²) in [7, 11) is 0.268. The molecule has 0 spiro atoms. The summed E-state index contributed by atoms with van der Waals surface area (Å²) in [5.41, 5.74) is 7.17. The van der Waals surface area contributed by atoms with E-state index in [2.05, 4.69) is 15.6 Å². The van der Waals surface area contributed by atoms with E-state index < -0.39 is 39.7 Å². The van der Waals surface area contributed by atoms with Gasteiger partial charge in [-0.15, -0.1) is 0 Å². The van der Waals surface area contributed by atoms with E-state index >= 15 is 4.39 Å². The predicted octanol–water partition coefficient (Wildman–Crippen LogP) is 5.46. The summed E-state index contributed by atoms with van der Waals surface area (Å²) in [6, 6.07) is 12.0. The Labute approximate surface area is 271 Å². The van der Waals surface area contributed by atoms with Crippen LogP contribution in [0.2, 0.25) is 0 Å². The molecule has 5 rings (SSSR count). The van der Waals surface area contributed by atoms with Gasteiger partial charge in [-0.05, 0) is 72.3 Å². The fraction of sp³-hybridized carbons (Fsp3) is 0.303. The summed E-state index contributed by atoms with van der Waals surface area (Å²) >= 11 is 0. The number of fused-ring (bicyclic) bond motifs is 1. The molecule has 0 aliphatic carbocycles. The molecular formula is C33H36FN5O7S. The van der Waals surface area contributed by atoms with Crippen molar-refractivity contribution in [1.29, 1.82) is 0 Å². The Morgan fingerprint density at radius 1 is 1.04 bits per heavy atom. The van der Waals surface area contributed by atoms with Crippen LogP contribution in [0.4, 0.5) is 26.4 Å². The lowest BCUT2D eigenvalue weighted by Crippen LogP contribution is -2.38. The monoisotopic (exact) mass is 665 g/mol. The van der Waals surface area contributed by atoms with Crippen LogP contribution in [-0.4, -0.2) is 63.9 Å². The molecule has 0 saturated carbocycles. The number of sulfone groups is 1. The fourth-order valence-corrected chi connectivity index (χ4v) is 6.98. The molecule has 0 bridgehead atoms. The smallest absolute Gasteiger partial charge is 0.411 e. The van der Waals surface area contributed by atoms with Gasteiger partial charge in [-0.1, -0.05) is 6.92 Å². The van der Waals surface area contributed by atoms with E-state index in [-0.39, 0.29) is 34.3 Å². The number of anilines is 3. The molecule has 47 heavy (non-hydrogen) atoms. The van der Waals surface area contributed by atoms with Crippen molar-refractivity contribution in [2.24, 2.45) is 0 Å². The van der Waals surface area contributed by atoms with Crippen molar-refractivity contribution >= 4 is 49.8 Å². The van der Waals surface area contributed by atoms with Gasteiger partial charge in [0.15, 0.2) is 21.3 Å². The first-order chi connectivity index (χ1) is 22.5. The largest absolute Gasteiger partial charge is 0.493 e. The molecule has 1 fully saturated rings. The van der Waals surface area contributed by atoms with Crippen molar-refractivity contribution in [3.05, 3.63) is 77.7 Å². The van der Waals surface area contributed by atoms with Gasteiger partial charge < -0.3 is 30.2 Å². The van der Waals surface area contributed by atoms with Crippen LogP contribution < -0.4 is 25.8 Å². The molecule has 2 heterocycles. The molecule has 248 valence electrons. The molecule has 4 aromatic rings. The number of halogens is 1. The summed E-state index contributed by atoms with van der Waals surface area (Å²) in [5, 5.41) is 7.24. The van der Waals surface area contributed by atoms with Gasteiger partial charge in [-0.2, -0.15) is 0 Å². The van der Waals surface area contributed by atoms with Gasteiger partial charge in [-0.3, -0.25) is 10.1 Å². The number of hydrogen-bond donors (Lipinski definition) is 3.